The van der Waals surface area contributed by atoms with Gasteiger partial charge in [-0.2, -0.15) is 0 Å². The van der Waals surface area contributed by atoms with Crippen molar-refractivity contribution in [3.63, 3.8) is 0 Å². The zero-order valence-electron chi connectivity index (χ0n) is 10.9. The molecule has 1 aromatic rings. The molecule has 19 heavy (non-hydrogen) atoms. The number of carboxylic acid groups (broad SMARTS) is 1. The Bertz CT molecular complexity index is 491. The van der Waals surface area contributed by atoms with Crippen LogP contribution in [0.2, 0.25) is 5.02 Å². The fraction of sp³-hybridized carbons (Fsp3) is 0.385. The third-order valence-corrected chi connectivity index (χ3v) is 2.84. The maximum absolute atomic E-state index is 13.7. The molecular formula is C13H15ClFNO3. The highest BCUT2D eigenvalue weighted by atomic mass is 35.5. The fourth-order valence-corrected chi connectivity index (χ4v) is 1.83. The fourth-order valence-electron chi connectivity index (χ4n) is 1.59. The van der Waals surface area contributed by atoms with Crippen LogP contribution in [0.1, 0.15) is 31.1 Å². The molecule has 1 amide bonds. The molecule has 0 saturated heterocycles. The average Bonchev–Trinajstić information content (AvgIpc) is 2.23. The Morgan fingerprint density at radius 3 is 2.37 bits per heavy atom. The summed E-state index contributed by atoms with van der Waals surface area (Å²) < 4.78 is 13.7. The van der Waals surface area contributed by atoms with E-state index in [1.165, 1.54) is 12.1 Å². The normalized spacial score (nSPS) is 11.2. The number of aliphatic carboxylic acids is 1. The second-order valence-electron chi connectivity index (χ2n) is 5.05. The molecule has 0 bridgehead atoms. The van der Waals surface area contributed by atoms with E-state index in [9.17, 15) is 14.0 Å². The predicted octanol–water partition coefficient (Wildman–Crippen LogP) is 2.80. The van der Waals surface area contributed by atoms with Gasteiger partial charge < -0.3 is 10.0 Å². The van der Waals surface area contributed by atoms with E-state index < -0.39 is 29.8 Å². The monoisotopic (exact) mass is 287 g/mol. The van der Waals surface area contributed by atoms with Crippen molar-refractivity contribution >= 4 is 23.5 Å². The lowest BCUT2D eigenvalue weighted by Gasteiger charge is -2.34. The molecule has 104 valence electrons. The highest BCUT2D eigenvalue weighted by Gasteiger charge is 2.31. The summed E-state index contributed by atoms with van der Waals surface area (Å²) in [6.07, 6.45) is 0. The molecule has 6 heteroatoms. The number of amides is 1. The van der Waals surface area contributed by atoms with E-state index >= 15 is 0 Å². The van der Waals surface area contributed by atoms with E-state index in [0.29, 0.717) is 0 Å². The van der Waals surface area contributed by atoms with Crippen LogP contribution in [0.15, 0.2) is 18.2 Å². The van der Waals surface area contributed by atoms with E-state index in [0.717, 1.165) is 11.0 Å². The van der Waals surface area contributed by atoms with Crippen molar-refractivity contribution in [2.45, 2.75) is 26.3 Å². The lowest BCUT2D eigenvalue weighted by Crippen LogP contribution is -2.48. The van der Waals surface area contributed by atoms with Crippen molar-refractivity contribution < 1.29 is 19.1 Å². The van der Waals surface area contributed by atoms with Crippen LogP contribution in [0, 0.1) is 5.82 Å². The molecule has 1 rings (SSSR count). The Labute approximate surface area is 115 Å². The molecule has 0 atom stereocenters. The number of benzene rings is 1. The zero-order chi connectivity index (χ0) is 14.8. The summed E-state index contributed by atoms with van der Waals surface area (Å²) in [5, 5.41) is 8.82. The van der Waals surface area contributed by atoms with Crippen LogP contribution in [0.5, 0.6) is 0 Å². The van der Waals surface area contributed by atoms with Gasteiger partial charge in [-0.1, -0.05) is 17.7 Å². The summed E-state index contributed by atoms with van der Waals surface area (Å²) in [5.41, 5.74) is -1.07. The number of hydrogen-bond acceptors (Lipinski definition) is 2. The van der Waals surface area contributed by atoms with Crippen LogP contribution >= 0.6 is 11.6 Å². The molecule has 0 fully saturated rings. The lowest BCUT2D eigenvalue weighted by atomic mass is 10.0. The van der Waals surface area contributed by atoms with Crippen molar-refractivity contribution in [1.82, 2.24) is 4.90 Å². The minimum atomic E-state index is -1.17. The van der Waals surface area contributed by atoms with Gasteiger partial charge in [0.1, 0.15) is 12.4 Å². The SMILES string of the molecule is CC(C)(C)N(CC(=O)O)C(=O)c1c(F)cccc1Cl. The maximum Gasteiger partial charge on any atom is 0.323 e. The van der Waals surface area contributed by atoms with Crippen LogP contribution in [0.4, 0.5) is 4.39 Å². The Morgan fingerprint density at radius 2 is 1.95 bits per heavy atom. The van der Waals surface area contributed by atoms with Crippen molar-refractivity contribution in [3.05, 3.63) is 34.6 Å². The second kappa shape index (κ2) is 5.57. The first-order valence-electron chi connectivity index (χ1n) is 5.62. The molecule has 1 N–H and O–H groups in total. The number of hydrogen-bond donors (Lipinski definition) is 1. The summed E-state index contributed by atoms with van der Waals surface area (Å²) in [4.78, 5) is 24.2. The standard InChI is InChI=1S/C13H15ClFNO3/c1-13(2,3)16(7-10(17)18)12(19)11-8(14)5-4-6-9(11)15/h4-6H,7H2,1-3H3,(H,17,18). The number of carbonyl (C=O) groups is 2. The summed E-state index contributed by atoms with van der Waals surface area (Å²) >= 11 is 5.82. The smallest absolute Gasteiger partial charge is 0.323 e. The first-order valence-corrected chi connectivity index (χ1v) is 6.00. The molecule has 0 radical (unpaired) electrons. The number of rotatable bonds is 3. The van der Waals surface area contributed by atoms with Gasteiger partial charge in [0.25, 0.3) is 5.91 Å². The second-order valence-corrected chi connectivity index (χ2v) is 5.46. The van der Waals surface area contributed by atoms with Crippen molar-refractivity contribution in [2.24, 2.45) is 0 Å². The topological polar surface area (TPSA) is 57.6 Å². The molecule has 0 spiro atoms. The quantitative estimate of drug-likeness (QED) is 0.930. The Balaban J connectivity index is 3.24. The van der Waals surface area contributed by atoms with Gasteiger partial charge in [0.05, 0.1) is 10.6 Å². The first-order chi connectivity index (χ1) is 8.64. The third-order valence-electron chi connectivity index (χ3n) is 2.52. The minimum absolute atomic E-state index is 0.0374. The van der Waals surface area contributed by atoms with Crippen LogP contribution in [-0.4, -0.2) is 34.0 Å². The average molecular weight is 288 g/mol. The number of carboxylic acids is 1. The molecule has 4 nitrogen and oxygen atoms in total. The van der Waals surface area contributed by atoms with E-state index in [1.54, 1.807) is 20.8 Å². The summed E-state index contributed by atoms with van der Waals surface area (Å²) in [5.74, 6) is -2.68. The van der Waals surface area contributed by atoms with Crippen molar-refractivity contribution in [1.29, 1.82) is 0 Å². The third kappa shape index (κ3) is 3.67. The molecular weight excluding hydrogens is 273 g/mol. The van der Waals surface area contributed by atoms with Gasteiger partial charge in [0.15, 0.2) is 0 Å². The minimum Gasteiger partial charge on any atom is -0.480 e. The molecule has 0 aromatic heterocycles. The summed E-state index contributed by atoms with van der Waals surface area (Å²) in [7, 11) is 0. The van der Waals surface area contributed by atoms with Crippen molar-refractivity contribution in [2.75, 3.05) is 6.54 Å². The molecule has 0 aliphatic heterocycles. The largest absolute Gasteiger partial charge is 0.480 e. The summed E-state index contributed by atoms with van der Waals surface area (Å²) in [6.45, 7) is 4.49. The van der Waals surface area contributed by atoms with Gasteiger partial charge in [-0.3, -0.25) is 9.59 Å². The lowest BCUT2D eigenvalue weighted by molar-refractivity contribution is -0.138. The van der Waals surface area contributed by atoms with Gasteiger partial charge in [0.2, 0.25) is 0 Å². The zero-order valence-corrected chi connectivity index (χ0v) is 11.7. The van der Waals surface area contributed by atoms with Crippen LogP contribution in [0.25, 0.3) is 0 Å². The maximum atomic E-state index is 13.7. The Morgan fingerprint density at radius 1 is 1.37 bits per heavy atom. The number of halogens is 2. The van der Waals surface area contributed by atoms with E-state index in [-0.39, 0.29) is 10.6 Å². The number of carbonyl (C=O) groups excluding carboxylic acids is 1. The van der Waals surface area contributed by atoms with Crippen LogP contribution in [0.3, 0.4) is 0 Å². The Hall–Kier alpha value is -1.62. The molecule has 0 unspecified atom stereocenters. The van der Waals surface area contributed by atoms with Gasteiger partial charge in [-0.25, -0.2) is 4.39 Å². The predicted molar refractivity (Wildman–Crippen MR) is 69.8 cm³/mol. The van der Waals surface area contributed by atoms with Gasteiger partial charge in [-0.15, -0.1) is 0 Å². The Kier molecular flexibility index (Phi) is 4.52. The summed E-state index contributed by atoms with van der Waals surface area (Å²) in [6, 6.07) is 3.88. The number of nitrogens with zero attached hydrogens (tertiary/aromatic N) is 1. The van der Waals surface area contributed by atoms with E-state index in [2.05, 4.69) is 0 Å². The van der Waals surface area contributed by atoms with Crippen LogP contribution in [-0.2, 0) is 4.79 Å². The highest BCUT2D eigenvalue weighted by Crippen LogP contribution is 2.24. The van der Waals surface area contributed by atoms with Crippen LogP contribution < -0.4 is 0 Å². The molecule has 0 heterocycles. The molecule has 0 saturated carbocycles. The van der Waals surface area contributed by atoms with Gasteiger partial charge in [-0.05, 0) is 32.9 Å². The van der Waals surface area contributed by atoms with Gasteiger partial charge >= 0.3 is 5.97 Å². The van der Waals surface area contributed by atoms with E-state index in [1.807, 2.05) is 0 Å². The van der Waals surface area contributed by atoms with Crippen molar-refractivity contribution in [3.8, 4) is 0 Å². The van der Waals surface area contributed by atoms with E-state index in [4.69, 9.17) is 16.7 Å². The molecule has 0 aliphatic carbocycles. The molecule has 0 aliphatic rings. The van der Waals surface area contributed by atoms with Gasteiger partial charge in [0, 0.05) is 5.54 Å². The first kappa shape index (κ1) is 15.4. The highest BCUT2D eigenvalue weighted by molar-refractivity contribution is 6.33. The molecule has 1 aromatic carbocycles.